The van der Waals surface area contributed by atoms with Gasteiger partial charge in [-0.2, -0.15) is 5.10 Å². The maximum absolute atomic E-state index is 5.28. The first kappa shape index (κ1) is 14.5. The molecule has 1 heterocycles. The van der Waals surface area contributed by atoms with Gasteiger partial charge in [0.2, 0.25) is 0 Å². The number of hydrogen-bond acceptors (Lipinski definition) is 3. The van der Waals surface area contributed by atoms with E-state index in [-0.39, 0.29) is 0 Å². The van der Waals surface area contributed by atoms with Gasteiger partial charge in [-0.05, 0) is 31.9 Å². The first-order chi connectivity index (χ1) is 9.33. The Labute approximate surface area is 116 Å². The number of nitrogens with zero attached hydrogens (tertiary/aromatic N) is 2. The predicted molar refractivity (Wildman–Crippen MR) is 77.4 cm³/mol. The van der Waals surface area contributed by atoms with Gasteiger partial charge in [-0.1, -0.05) is 19.8 Å². The smallest absolute Gasteiger partial charge is 0.0641 e. The Hall–Kier alpha value is -0.870. The van der Waals surface area contributed by atoms with Gasteiger partial charge in [0, 0.05) is 25.8 Å². The monoisotopic (exact) mass is 265 g/mol. The highest BCUT2D eigenvalue weighted by Crippen LogP contribution is 2.28. The highest BCUT2D eigenvalue weighted by Gasteiger charge is 2.18. The van der Waals surface area contributed by atoms with Gasteiger partial charge < -0.3 is 10.1 Å². The molecule has 0 spiro atoms. The second kappa shape index (κ2) is 7.65. The van der Waals surface area contributed by atoms with Crippen molar-refractivity contribution >= 4 is 0 Å². The number of rotatable bonds is 8. The fourth-order valence-electron chi connectivity index (χ4n) is 2.85. The van der Waals surface area contributed by atoms with Crippen LogP contribution in [0.15, 0.2) is 12.3 Å². The first-order valence-electron chi connectivity index (χ1n) is 7.59. The van der Waals surface area contributed by atoms with Gasteiger partial charge in [0.05, 0.1) is 18.3 Å². The van der Waals surface area contributed by atoms with Crippen molar-refractivity contribution in [3.8, 4) is 0 Å². The average molecular weight is 265 g/mol. The van der Waals surface area contributed by atoms with E-state index in [1.54, 1.807) is 7.11 Å². The van der Waals surface area contributed by atoms with Crippen LogP contribution in [0.2, 0.25) is 0 Å². The Morgan fingerprint density at radius 3 is 2.95 bits per heavy atom. The van der Waals surface area contributed by atoms with E-state index in [1.165, 1.54) is 31.4 Å². The minimum Gasteiger partial charge on any atom is -0.383 e. The van der Waals surface area contributed by atoms with Crippen LogP contribution >= 0.6 is 0 Å². The van der Waals surface area contributed by atoms with E-state index < -0.39 is 0 Å². The molecular formula is C15H27N3O. The van der Waals surface area contributed by atoms with Gasteiger partial charge in [-0.25, -0.2) is 0 Å². The van der Waals surface area contributed by atoms with Crippen LogP contribution in [0.3, 0.4) is 0 Å². The number of nitrogens with one attached hydrogen (secondary N) is 1. The van der Waals surface area contributed by atoms with E-state index >= 15 is 0 Å². The summed E-state index contributed by atoms with van der Waals surface area (Å²) in [4.78, 5) is 0. The summed E-state index contributed by atoms with van der Waals surface area (Å²) >= 11 is 0. The number of ether oxygens (including phenoxy) is 1. The molecule has 0 aromatic carbocycles. The van der Waals surface area contributed by atoms with E-state index in [1.807, 2.05) is 0 Å². The molecule has 0 bridgehead atoms. The van der Waals surface area contributed by atoms with Crippen LogP contribution < -0.4 is 5.32 Å². The minimum atomic E-state index is 0.372. The van der Waals surface area contributed by atoms with Crippen molar-refractivity contribution in [3.63, 3.8) is 0 Å². The molecule has 1 fully saturated rings. The third kappa shape index (κ3) is 4.32. The van der Waals surface area contributed by atoms with E-state index in [9.17, 15) is 0 Å². The van der Waals surface area contributed by atoms with Crippen LogP contribution in [0.25, 0.3) is 0 Å². The van der Waals surface area contributed by atoms with Gasteiger partial charge in [0.1, 0.15) is 0 Å². The molecule has 4 nitrogen and oxygen atoms in total. The van der Waals surface area contributed by atoms with Crippen LogP contribution in [0, 0.1) is 0 Å². The Bertz CT molecular complexity index is 358. The molecule has 1 aromatic heterocycles. The van der Waals surface area contributed by atoms with E-state index in [0.29, 0.717) is 12.1 Å². The highest BCUT2D eigenvalue weighted by molar-refractivity contribution is 5.02. The molecule has 1 N–H and O–H groups in total. The zero-order valence-electron chi connectivity index (χ0n) is 12.3. The van der Waals surface area contributed by atoms with Crippen molar-refractivity contribution in [1.29, 1.82) is 0 Å². The molecule has 1 aliphatic carbocycles. The fourth-order valence-corrected chi connectivity index (χ4v) is 2.85. The summed E-state index contributed by atoms with van der Waals surface area (Å²) in [7, 11) is 1.76. The summed E-state index contributed by atoms with van der Waals surface area (Å²) < 4.78 is 7.46. The Morgan fingerprint density at radius 1 is 1.47 bits per heavy atom. The van der Waals surface area contributed by atoms with Crippen molar-refractivity contribution in [3.05, 3.63) is 18.0 Å². The maximum atomic E-state index is 5.28. The predicted octanol–water partition coefficient (Wildman–Crippen LogP) is 2.56. The molecule has 0 amide bonds. The van der Waals surface area contributed by atoms with E-state index in [4.69, 9.17) is 9.84 Å². The molecule has 4 heteroatoms. The zero-order valence-corrected chi connectivity index (χ0v) is 12.3. The van der Waals surface area contributed by atoms with E-state index in [2.05, 4.69) is 29.2 Å². The SMILES string of the molecule is CCCNC(COC)Cc1ccn(C2CCCC2)n1. The van der Waals surface area contributed by atoms with Crippen molar-refractivity contribution in [2.75, 3.05) is 20.3 Å². The molecule has 1 atom stereocenters. The largest absolute Gasteiger partial charge is 0.383 e. The van der Waals surface area contributed by atoms with Crippen LogP contribution in [0.4, 0.5) is 0 Å². The molecule has 1 saturated carbocycles. The molecule has 1 aromatic rings. The molecule has 0 saturated heterocycles. The summed E-state index contributed by atoms with van der Waals surface area (Å²) in [5.74, 6) is 0. The van der Waals surface area contributed by atoms with Crippen molar-refractivity contribution in [1.82, 2.24) is 15.1 Å². The molecule has 0 radical (unpaired) electrons. The van der Waals surface area contributed by atoms with Crippen molar-refractivity contribution < 1.29 is 4.74 Å². The van der Waals surface area contributed by atoms with Gasteiger partial charge in [0.25, 0.3) is 0 Å². The van der Waals surface area contributed by atoms with Crippen LogP contribution in [-0.2, 0) is 11.2 Å². The van der Waals surface area contributed by atoms with Gasteiger partial charge in [-0.15, -0.1) is 0 Å². The molecule has 0 aliphatic heterocycles. The van der Waals surface area contributed by atoms with Gasteiger partial charge >= 0.3 is 0 Å². The summed E-state index contributed by atoms with van der Waals surface area (Å²) in [5.41, 5.74) is 1.18. The zero-order chi connectivity index (χ0) is 13.5. The molecule has 19 heavy (non-hydrogen) atoms. The van der Waals surface area contributed by atoms with E-state index in [0.717, 1.165) is 26.0 Å². The third-order valence-corrected chi connectivity index (χ3v) is 3.87. The second-order valence-corrected chi connectivity index (χ2v) is 5.54. The maximum Gasteiger partial charge on any atom is 0.0641 e. The molecule has 108 valence electrons. The lowest BCUT2D eigenvalue weighted by atomic mass is 10.1. The van der Waals surface area contributed by atoms with Gasteiger partial charge in [0.15, 0.2) is 0 Å². The quantitative estimate of drug-likeness (QED) is 0.785. The van der Waals surface area contributed by atoms with Crippen LogP contribution in [-0.4, -0.2) is 36.1 Å². The summed E-state index contributed by atoms with van der Waals surface area (Å²) in [5, 5.41) is 8.27. The lowest BCUT2D eigenvalue weighted by Crippen LogP contribution is -2.35. The Balaban J connectivity index is 1.89. The molecule has 1 unspecified atom stereocenters. The van der Waals surface area contributed by atoms with Crippen LogP contribution in [0.1, 0.15) is 50.8 Å². The molecule has 1 aliphatic rings. The second-order valence-electron chi connectivity index (χ2n) is 5.54. The van der Waals surface area contributed by atoms with Crippen molar-refractivity contribution in [2.24, 2.45) is 0 Å². The number of hydrogen-bond donors (Lipinski definition) is 1. The minimum absolute atomic E-state index is 0.372. The summed E-state index contributed by atoms with van der Waals surface area (Å²) in [6.07, 6.45) is 9.53. The number of aromatic nitrogens is 2. The first-order valence-corrected chi connectivity index (χ1v) is 7.59. The Kier molecular flexibility index (Phi) is 5.86. The Morgan fingerprint density at radius 2 is 2.26 bits per heavy atom. The molecule has 2 rings (SSSR count). The topological polar surface area (TPSA) is 39.1 Å². The molecular weight excluding hydrogens is 238 g/mol. The van der Waals surface area contributed by atoms with Crippen LogP contribution in [0.5, 0.6) is 0 Å². The summed E-state index contributed by atoms with van der Waals surface area (Å²) in [6, 6.07) is 3.17. The van der Waals surface area contributed by atoms with Gasteiger partial charge in [-0.3, -0.25) is 4.68 Å². The third-order valence-electron chi connectivity index (χ3n) is 3.87. The average Bonchev–Trinajstić information content (AvgIpc) is 3.06. The summed E-state index contributed by atoms with van der Waals surface area (Å²) in [6.45, 7) is 3.97. The highest BCUT2D eigenvalue weighted by atomic mass is 16.5. The fraction of sp³-hybridized carbons (Fsp3) is 0.800. The standard InChI is InChI=1S/C15H27N3O/c1-3-9-16-14(12-19-2)11-13-8-10-18(17-13)15-6-4-5-7-15/h8,10,14-16H,3-7,9,11-12H2,1-2H3. The lowest BCUT2D eigenvalue weighted by molar-refractivity contribution is 0.165. The number of methoxy groups -OCH3 is 1. The normalized spacial score (nSPS) is 18.0. The lowest BCUT2D eigenvalue weighted by Gasteiger charge is -2.16. The van der Waals surface area contributed by atoms with Crippen molar-refractivity contribution in [2.45, 2.75) is 57.5 Å².